The molecule has 130 valence electrons. The number of hydrogen-bond donors (Lipinski definition) is 2. The van der Waals surface area contributed by atoms with E-state index in [0.29, 0.717) is 28.7 Å². The van der Waals surface area contributed by atoms with Crippen molar-refractivity contribution in [3.05, 3.63) is 48.0 Å². The molecule has 0 spiro atoms. The van der Waals surface area contributed by atoms with Crippen molar-refractivity contribution in [3.8, 4) is 11.3 Å². The Morgan fingerprint density at radius 2 is 2.04 bits per heavy atom. The van der Waals surface area contributed by atoms with Crippen molar-refractivity contribution >= 4 is 22.5 Å². The number of hydrogen-bond acceptors (Lipinski definition) is 3. The van der Waals surface area contributed by atoms with E-state index < -0.39 is 5.82 Å². The Morgan fingerprint density at radius 3 is 2.76 bits per heavy atom. The third-order valence-electron chi connectivity index (χ3n) is 3.81. The highest BCUT2D eigenvalue weighted by atomic mass is 19.1. The second kappa shape index (κ2) is 6.98. The van der Waals surface area contributed by atoms with Crippen molar-refractivity contribution in [2.24, 2.45) is 0 Å². The Balaban J connectivity index is 1.94. The molecule has 0 radical (unpaired) electrons. The normalized spacial score (nSPS) is 11.2. The maximum atomic E-state index is 14.2. The summed E-state index contributed by atoms with van der Waals surface area (Å²) in [6.07, 6.45) is 0.257. The van der Waals surface area contributed by atoms with E-state index in [-0.39, 0.29) is 23.8 Å². The smallest absolute Gasteiger partial charge is 0.225 e. The molecule has 0 bridgehead atoms. The van der Waals surface area contributed by atoms with Crippen LogP contribution in [0.1, 0.15) is 6.42 Å². The van der Waals surface area contributed by atoms with E-state index in [1.807, 2.05) is 19.0 Å². The number of fused-ring (bicyclic) bond motifs is 1. The van der Waals surface area contributed by atoms with Gasteiger partial charge in [0.2, 0.25) is 5.91 Å². The summed E-state index contributed by atoms with van der Waals surface area (Å²) in [5.41, 5.74) is 1.62. The first kappa shape index (κ1) is 17.0. The number of carbonyl (C=O) groups excluding carboxylic acids is 1. The molecule has 7 heteroatoms. The number of aromatic amines is 1. The summed E-state index contributed by atoms with van der Waals surface area (Å²) in [5, 5.41) is 10.1. The summed E-state index contributed by atoms with van der Waals surface area (Å²) < 4.78 is 27.7. The van der Waals surface area contributed by atoms with E-state index >= 15 is 0 Å². The van der Waals surface area contributed by atoms with Gasteiger partial charge in [-0.25, -0.2) is 8.78 Å². The quantitative estimate of drug-likeness (QED) is 0.746. The standard InChI is InChI=1S/C18H18F2N4O/c1-24(2)7-6-17(25)21-16-9-13-15(10-14(16)20)22-23-18(13)11-4-3-5-12(19)8-11/h3-5,8-10H,6-7H2,1-2H3,(H,21,25)(H,22,23). The molecule has 3 aromatic rings. The molecule has 1 aromatic heterocycles. The minimum absolute atomic E-state index is 0.0790. The van der Waals surface area contributed by atoms with Crippen LogP contribution in [0.4, 0.5) is 14.5 Å². The number of amides is 1. The number of H-pyrrole nitrogens is 1. The van der Waals surface area contributed by atoms with E-state index in [9.17, 15) is 13.6 Å². The zero-order chi connectivity index (χ0) is 18.0. The SMILES string of the molecule is CN(C)CCC(=O)Nc1cc2c(-c3cccc(F)c3)n[nH]c2cc1F. The van der Waals surface area contributed by atoms with Crippen molar-refractivity contribution in [3.63, 3.8) is 0 Å². The lowest BCUT2D eigenvalue weighted by atomic mass is 10.1. The molecule has 0 aliphatic carbocycles. The molecule has 2 N–H and O–H groups in total. The van der Waals surface area contributed by atoms with Crippen molar-refractivity contribution in [2.45, 2.75) is 6.42 Å². The number of nitrogens with zero attached hydrogens (tertiary/aromatic N) is 2. The Kier molecular flexibility index (Phi) is 4.76. The molecular weight excluding hydrogens is 326 g/mol. The van der Waals surface area contributed by atoms with E-state index in [2.05, 4.69) is 15.5 Å². The molecule has 3 rings (SSSR count). The summed E-state index contributed by atoms with van der Waals surface area (Å²) in [7, 11) is 3.72. The average molecular weight is 344 g/mol. The zero-order valence-electron chi connectivity index (χ0n) is 13.9. The van der Waals surface area contributed by atoms with Gasteiger partial charge < -0.3 is 10.2 Å². The van der Waals surface area contributed by atoms with Crippen LogP contribution in [-0.4, -0.2) is 41.6 Å². The molecule has 0 aliphatic rings. The number of benzene rings is 2. The van der Waals surface area contributed by atoms with E-state index in [1.165, 1.54) is 24.3 Å². The second-order valence-corrected chi connectivity index (χ2v) is 6.06. The van der Waals surface area contributed by atoms with Crippen molar-refractivity contribution < 1.29 is 13.6 Å². The predicted molar refractivity (Wildman–Crippen MR) is 93.2 cm³/mol. The van der Waals surface area contributed by atoms with E-state index in [0.717, 1.165) is 0 Å². The van der Waals surface area contributed by atoms with Gasteiger partial charge in [0.25, 0.3) is 0 Å². The van der Waals surface area contributed by atoms with Gasteiger partial charge in [-0.2, -0.15) is 5.10 Å². The molecule has 0 unspecified atom stereocenters. The summed E-state index contributed by atoms with van der Waals surface area (Å²) in [4.78, 5) is 13.8. The van der Waals surface area contributed by atoms with Crippen LogP contribution in [0.3, 0.4) is 0 Å². The lowest BCUT2D eigenvalue weighted by Gasteiger charge is -2.10. The molecule has 2 aromatic carbocycles. The van der Waals surface area contributed by atoms with Crippen molar-refractivity contribution in [1.82, 2.24) is 15.1 Å². The van der Waals surface area contributed by atoms with Crippen LogP contribution in [-0.2, 0) is 4.79 Å². The maximum Gasteiger partial charge on any atom is 0.225 e. The molecule has 0 saturated heterocycles. The number of carbonyl (C=O) groups is 1. The molecule has 0 saturated carbocycles. The third-order valence-corrected chi connectivity index (χ3v) is 3.81. The van der Waals surface area contributed by atoms with Crippen LogP contribution in [0.25, 0.3) is 22.2 Å². The molecular formula is C18H18F2N4O. The van der Waals surface area contributed by atoms with Crippen LogP contribution in [0.5, 0.6) is 0 Å². The van der Waals surface area contributed by atoms with Gasteiger partial charge in [-0.15, -0.1) is 0 Å². The maximum absolute atomic E-state index is 14.2. The van der Waals surface area contributed by atoms with Gasteiger partial charge in [-0.1, -0.05) is 12.1 Å². The van der Waals surface area contributed by atoms with Crippen LogP contribution in [0, 0.1) is 11.6 Å². The first-order chi connectivity index (χ1) is 11.9. The average Bonchev–Trinajstić information content (AvgIpc) is 2.96. The monoisotopic (exact) mass is 344 g/mol. The Morgan fingerprint density at radius 1 is 1.24 bits per heavy atom. The number of aromatic nitrogens is 2. The lowest BCUT2D eigenvalue weighted by molar-refractivity contribution is -0.116. The minimum atomic E-state index is -0.555. The summed E-state index contributed by atoms with van der Waals surface area (Å²) in [6, 6.07) is 8.79. The Hall–Kier alpha value is -2.80. The van der Waals surface area contributed by atoms with Gasteiger partial charge in [0.1, 0.15) is 17.3 Å². The minimum Gasteiger partial charge on any atom is -0.324 e. The van der Waals surface area contributed by atoms with Gasteiger partial charge in [0, 0.05) is 30.0 Å². The highest BCUT2D eigenvalue weighted by Crippen LogP contribution is 2.30. The van der Waals surface area contributed by atoms with Crippen molar-refractivity contribution in [2.75, 3.05) is 26.0 Å². The largest absolute Gasteiger partial charge is 0.324 e. The number of nitrogens with one attached hydrogen (secondary N) is 2. The zero-order valence-corrected chi connectivity index (χ0v) is 13.9. The van der Waals surface area contributed by atoms with Crippen LogP contribution in [0.15, 0.2) is 36.4 Å². The van der Waals surface area contributed by atoms with Gasteiger partial charge >= 0.3 is 0 Å². The fourth-order valence-corrected chi connectivity index (χ4v) is 2.53. The van der Waals surface area contributed by atoms with Crippen LogP contribution >= 0.6 is 0 Å². The fourth-order valence-electron chi connectivity index (χ4n) is 2.53. The highest BCUT2D eigenvalue weighted by molar-refractivity contribution is 5.98. The van der Waals surface area contributed by atoms with Gasteiger partial charge in [0.15, 0.2) is 0 Å². The molecule has 0 atom stereocenters. The second-order valence-electron chi connectivity index (χ2n) is 6.06. The summed E-state index contributed by atoms with van der Waals surface area (Å²) in [5.74, 6) is -1.21. The van der Waals surface area contributed by atoms with Crippen molar-refractivity contribution in [1.29, 1.82) is 0 Å². The van der Waals surface area contributed by atoms with E-state index in [1.54, 1.807) is 12.1 Å². The van der Waals surface area contributed by atoms with Gasteiger partial charge in [0.05, 0.1) is 11.2 Å². The Bertz CT molecular complexity index is 921. The van der Waals surface area contributed by atoms with Gasteiger partial charge in [-0.05, 0) is 32.3 Å². The lowest BCUT2D eigenvalue weighted by Crippen LogP contribution is -2.21. The molecule has 5 nitrogen and oxygen atoms in total. The Labute approximate surface area is 143 Å². The number of anilines is 1. The predicted octanol–water partition coefficient (Wildman–Crippen LogP) is 3.40. The molecule has 1 heterocycles. The topological polar surface area (TPSA) is 61.0 Å². The third kappa shape index (κ3) is 3.83. The first-order valence-corrected chi connectivity index (χ1v) is 7.82. The highest BCUT2D eigenvalue weighted by Gasteiger charge is 2.14. The first-order valence-electron chi connectivity index (χ1n) is 7.82. The summed E-state index contributed by atoms with van der Waals surface area (Å²) >= 11 is 0. The summed E-state index contributed by atoms with van der Waals surface area (Å²) in [6.45, 7) is 0.565. The number of rotatable bonds is 5. The fraction of sp³-hybridized carbons (Fsp3) is 0.222. The van der Waals surface area contributed by atoms with E-state index in [4.69, 9.17) is 0 Å². The molecule has 0 fully saturated rings. The van der Waals surface area contributed by atoms with Crippen LogP contribution < -0.4 is 5.32 Å². The number of halogens is 2. The van der Waals surface area contributed by atoms with Crippen LogP contribution in [0.2, 0.25) is 0 Å². The molecule has 0 aliphatic heterocycles. The van der Waals surface area contributed by atoms with Gasteiger partial charge in [-0.3, -0.25) is 9.89 Å². The molecule has 1 amide bonds. The molecule has 25 heavy (non-hydrogen) atoms.